The van der Waals surface area contributed by atoms with Crippen LogP contribution in [0.2, 0.25) is 0 Å². The molecule has 282 valence electrons. The third-order valence-electron chi connectivity index (χ3n) is 9.03. The number of likely N-dealkylation sites (tertiary alicyclic amines) is 1. The van der Waals surface area contributed by atoms with Crippen LogP contribution in [0.4, 0.5) is 18.9 Å². The second-order valence-corrected chi connectivity index (χ2v) is 13.1. The Morgan fingerprint density at radius 2 is 1.74 bits per heavy atom. The summed E-state index contributed by atoms with van der Waals surface area (Å²) in [6.45, 7) is 3.63. The number of aromatic amines is 1. The van der Waals surface area contributed by atoms with Gasteiger partial charge in [0.1, 0.15) is 11.9 Å². The van der Waals surface area contributed by atoms with Gasteiger partial charge < -0.3 is 40.8 Å². The van der Waals surface area contributed by atoms with Gasteiger partial charge in [0.05, 0.1) is 11.6 Å². The first-order valence-electron chi connectivity index (χ1n) is 17.3. The Morgan fingerprint density at radius 3 is 2.49 bits per heavy atom. The maximum absolute atomic E-state index is 13.1. The van der Waals surface area contributed by atoms with E-state index < -0.39 is 24.4 Å². The number of aliphatic hydroxyl groups is 1. The third-order valence-corrected chi connectivity index (χ3v) is 9.03. The lowest BCUT2D eigenvalue weighted by Gasteiger charge is -2.31. The molecule has 6 N–H and O–H groups in total. The van der Waals surface area contributed by atoms with Crippen LogP contribution in [-0.2, 0) is 27.3 Å². The molecule has 1 aliphatic heterocycles. The molecule has 1 aromatic heterocycles. The number of pyridine rings is 1. The number of amides is 2. The number of carbonyl (C=O) groups excluding carboxylic acids is 3. The number of nitrogens with one attached hydrogen (secondary N) is 4. The number of benzene rings is 3. The number of phenols is 1. The topological polar surface area (TPSA) is 173 Å². The normalized spacial score (nSPS) is 15.1. The number of esters is 1. The number of rotatable bonds is 14. The molecular weight excluding hydrogens is 695 g/mol. The molecule has 0 unspecified atom stereocenters. The molecule has 53 heavy (non-hydrogen) atoms. The number of ether oxygens (including phenoxy) is 1. The first kappa shape index (κ1) is 39.0. The summed E-state index contributed by atoms with van der Waals surface area (Å²) in [5, 5.41) is 30.7. The van der Waals surface area contributed by atoms with Crippen molar-refractivity contribution < 1.29 is 42.5 Å². The van der Waals surface area contributed by atoms with Gasteiger partial charge in [-0.25, -0.2) is 4.79 Å². The zero-order valence-electron chi connectivity index (χ0n) is 29.0. The van der Waals surface area contributed by atoms with Crippen LogP contribution in [0.3, 0.4) is 0 Å². The summed E-state index contributed by atoms with van der Waals surface area (Å²) < 4.78 is 41.8. The van der Waals surface area contributed by atoms with E-state index >= 15 is 0 Å². The van der Waals surface area contributed by atoms with E-state index in [0.717, 1.165) is 11.1 Å². The molecule has 5 rings (SSSR count). The fourth-order valence-electron chi connectivity index (χ4n) is 6.22. The van der Waals surface area contributed by atoms with Crippen LogP contribution in [0.25, 0.3) is 10.9 Å². The number of halogens is 3. The van der Waals surface area contributed by atoms with Gasteiger partial charge in [-0.05, 0) is 79.3 Å². The predicted molar refractivity (Wildman–Crippen MR) is 191 cm³/mol. The highest BCUT2D eigenvalue weighted by Gasteiger charge is 2.42. The molecule has 2 amide bonds. The maximum atomic E-state index is 13.1. The Bertz CT molecular complexity index is 1980. The summed E-state index contributed by atoms with van der Waals surface area (Å²) in [6.07, 6.45) is -5.41. The minimum Gasteiger partial charge on any atom is -0.506 e. The number of piperidine rings is 1. The number of nitrogens with zero attached hydrogens (tertiary/aromatic N) is 1. The van der Waals surface area contributed by atoms with Crippen molar-refractivity contribution in [2.45, 2.75) is 63.6 Å². The summed E-state index contributed by atoms with van der Waals surface area (Å²) >= 11 is 0. The summed E-state index contributed by atoms with van der Waals surface area (Å²) in [6, 6.07) is 20.2. The molecule has 1 aliphatic rings. The van der Waals surface area contributed by atoms with E-state index in [-0.39, 0.29) is 67.0 Å². The molecule has 2 heterocycles. The van der Waals surface area contributed by atoms with Crippen molar-refractivity contribution in [1.29, 1.82) is 0 Å². The molecule has 4 aromatic rings. The maximum Gasteiger partial charge on any atom is 0.490 e. The Hall–Kier alpha value is -5.25. The van der Waals surface area contributed by atoms with Crippen molar-refractivity contribution in [3.8, 4) is 5.75 Å². The van der Waals surface area contributed by atoms with Crippen molar-refractivity contribution in [3.63, 3.8) is 0 Å². The van der Waals surface area contributed by atoms with Crippen LogP contribution < -0.4 is 21.5 Å². The molecule has 0 radical (unpaired) electrons. The summed E-state index contributed by atoms with van der Waals surface area (Å²) in [7, 11) is 0. The van der Waals surface area contributed by atoms with Crippen LogP contribution in [0.5, 0.6) is 5.75 Å². The van der Waals surface area contributed by atoms with E-state index in [0.29, 0.717) is 48.3 Å². The summed E-state index contributed by atoms with van der Waals surface area (Å²) in [5.41, 5.74) is 3.17. The fourth-order valence-corrected chi connectivity index (χ4v) is 6.22. The van der Waals surface area contributed by atoms with Crippen LogP contribution in [0, 0.1) is 0 Å². The number of aromatic nitrogens is 1. The van der Waals surface area contributed by atoms with Crippen molar-refractivity contribution >= 4 is 34.4 Å². The summed E-state index contributed by atoms with van der Waals surface area (Å²) in [4.78, 5) is 52.9. The molecule has 0 aliphatic carbocycles. The molecule has 1 fully saturated rings. The fraction of sp³-hybridized carbons (Fsp3) is 0.368. The van der Waals surface area contributed by atoms with Crippen molar-refractivity contribution in [2.24, 2.45) is 0 Å². The second kappa shape index (κ2) is 17.5. The van der Waals surface area contributed by atoms with Crippen molar-refractivity contribution in [2.75, 3.05) is 31.5 Å². The summed E-state index contributed by atoms with van der Waals surface area (Å²) in [5.74, 6) is -2.80. The number of alkyl halides is 3. The smallest absolute Gasteiger partial charge is 0.490 e. The number of aromatic hydroxyl groups is 1. The monoisotopic (exact) mass is 737 g/mol. The van der Waals surface area contributed by atoms with E-state index in [2.05, 4.69) is 25.7 Å². The minimum atomic E-state index is -5.02. The Balaban J connectivity index is 1.05. The average Bonchev–Trinajstić information content (AvgIpc) is 3.13. The standard InChI is InChI=1S/C38H42F3N5O7/c1-23(42-22-32(48)29-8-10-31(47)35-30(29)9-11-34(50)45-35)18-24-4-3-7-27(20-24)44-36(51)26-6-2-5-25(19-26)21-43-33(49)14-17-46-15-12-28(13-16-46)53-37(52)38(39,40)41/h2-11,19-20,23,28,32,42,47-48H,12-18,21-22H2,1H3,(H,43,49)(H,44,51)(H,45,50)/t23-,32+/m1/s1. The number of phenolic OH excluding ortho intramolecular Hbond substituents is 1. The zero-order chi connectivity index (χ0) is 38.1. The Labute approximate surface area is 303 Å². The molecule has 0 saturated carbocycles. The number of hydrogen-bond acceptors (Lipinski definition) is 9. The van der Waals surface area contributed by atoms with E-state index in [1.165, 1.54) is 12.1 Å². The molecule has 0 spiro atoms. The highest BCUT2D eigenvalue weighted by Crippen LogP contribution is 2.29. The van der Waals surface area contributed by atoms with Crippen molar-refractivity contribution in [3.05, 3.63) is 105 Å². The van der Waals surface area contributed by atoms with Crippen LogP contribution in [0.15, 0.2) is 77.6 Å². The van der Waals surface area contributed by atoms with Gasteiger partial charge in [-0.1, -0.05) is 30.3 Å². The van der Waals surface area contributed by atoms with Gasteiger partial charge in [-0.15, -0.1) is 0 Å². The molecule has 15 heteroatoms. The first-order chi connectivity index (χ1) is 25.2. The largest absolute Gasteiger partial charge is 0.506 e. The number of carbonyl (C=O) groups is 3. The number of anilines is 1. The SMILES string of the molecule is C[C@H](Cc1cccc(NC(=O)c2cccc(CNC(=O)CCN3CCC(OC(=O)C(F)(F)F)CC3)c2)c1)NC[C@H](O)c1ccc(O)c2[nH]c(=O)ccc12. The average molecular weight is 738 g/mol. The van der Waals surface area contributed by atoms with Gasteiger partial charge in [0.15, 0.2) is 0 Å². The molecular formula is C38H42F3N5O7. The van der Waals surface area contributed by atoms with Crippen molar-refractivity contribution in [1.82, 2.24) is 20.5 Å². The Kier molecular flexibility index (Phi) is 12.9. The predicted octanol–water partition coefficient (Wildman–Crippen LogP) is 4.32. The number of hydrogen-bond donors (Lipinski definition) is 6. The van der Waals surface area contributed by atoms with Gasteiger partial charge in [-0.2, -0.15) is 13.2 Å². The molecule has 1 saturated heterocycles. The Morgan fingerprint density at radius 1 is 1.00 bits per heavy atom. The van der Waals surface area contributed by atoms with Gasteiger partial charge in [0.2, 0.25) is 11.5 Å². The zero-order valence-corrected chi connectivity index (χ0v) is 29.0. The number of H-pyrrole nitrogens is 1. The van der Waals surface area contributed by atoms with E-state index in [1.54, 1.807) is 42.5 Å². The first-order valence-corrected chi connectivity index (χ1v) is 17.3. The van der Waals surface area contributed by atoms with Gasteiger partial charge >= 0.3 is 12.1 Å². The lowest BCUT2D eigenvalue weighted by molar-refractivity contribution is -0.206. The van der Waals surface area contributed by atoms with Crippen LogP contribution >= 0.6 is 0 Å². The number of aliphatic hydroxyl groups excluding tert-OH is 1. The highest BCUT2D eigenvalue weighted by atomic mass is 19.4. The number of fused-ring (bicyclic) bond motifs is 1. The third kappa shape index (κ3) is 11.1. The molecule has 3 aromatic carbocycles. The second-order valence-electron chi connectivity index (χ2n) is 13.1. The van der Waals surface area contributed by atoms with E-state index in [4.69, 9.17) is 0 Å². The minimum absolute atomic E-state index is 0.0453. The lowest BCUT2D eigenvalue weighted by atomic mass is 10.0. The van der Waals surface area contributed by atoms with E-state index in [9.17, 15) is 42.6 Å². The van der Waals surface area contributed by atoms with Gasteiger partial charge in [-0.3, -0.25) is 14.4 Å². The van der Waals surface area contributed by atoms with Crippen LogP contribution in [0.1, 0.15) is 59.3 Å². The van der Waals surface area contributed by atoms with Gasteiger partial charge in [0, 0.05) is 67.9 Å². The molecule has 2 atom stereocenters. The molecule has 12 nitrogen and oxygen atoms in total. The lowest BCUT2D eigenvalue weighted by Crippen LogP contribution is -2.41. The van der Waals surface area contributed by atoms with Gasteiger partial charge in [0.25, 0.3) is 5.91 Å². The molecule has 0 bridgehead atoms. The highest BCUT2D eigenvalue weighted by molar-refractivity contribution is 6.04. The quantitative estimate of drug-likeness (QED) is 0.103. The van der Waals surface area contributed by atoms with E-state index in [1.807, 2.05) is 30.0 Å². The van der Waals surface area contributed by atoms with Crippen LogP contribution in [-0.4, -0.2) is 82.4 Å².